The molecule has 0 radical (unpaired) electrons. The molecule has 1 amide bonds. The number of hydrogen-bond acceptors (Lipinski definition) is 3. The number of primary amides is 1. The van der Waals surface area contributed by atoms with Crippen LogP contribution < -0.4 is 5.73 Å². The Balaban J connectivity index is 4.97. The van der Waals surface area contributed by atoms with E-state index in [9.17, 15) is 9.36 Å². The Kier molecular flexibility index (Phi) is 5.14. The predicted octanol–water partition coefficient (Wildman–Crippen LogP) is 0.888. The Morgan fingerprint density at radius 3 is 2.00 bits per heavy atom. The van der Waals surface area contributed by atoms with Gasteiger partial charge in [0, 0.05) is 0 Å². The van der Waals surface area contributed by atoms with Gasteiger partial charge in [-0.1, -0.05) is 0 Å². The molecule has 0 bridgehead atoms. The number of nitrogens with two attached hydrogens (primary N) is 1. The second kappa shape index (κ2) is 5.27. The van der Waals surface area contributed by atoms with Crippen molar-refractivity contribution in [2.45, 2.75) is 26.4 Å². The van der Waals surface area contributed by atoms with Crippen molar-refractivity contribution in [1.82, 2.24) is 9.34 Å². The molecule has 6 nitrogen and oxygen atoms in total. The van der Waals surface area contributed by atoms with Crippen LogP contribution in [0.25, 0.3) is 0 Å². The van der Waals surface area contributed by atoms with Gasteiger partial charge in [0.1, 0.15) is 0 Å². The minimum atomic E-state index is -3.19. The number of hydrogen-bond donors (Lipinski definition) is 1. The first-order valence-electron chi connectivity index (χ1n) is 4.97. The van der Waals surface area contributed by atoms with Gasteiger partial charge in [0.05, 0.1) is 12.1 Å². The third-order valence-corrected chi connectivity index (χ3v) is 4.52. The quantitative estimate of drug-likeness (QED) is 0.734. The van der Waals surface area contributed by atoms with Crippen molar-refractivity contribution in [2.24, 2.45) is 5.73 Å². The normalized spacial score (nSPS) is 16.5. The molecule has 0 aliphatic heterocycles. The second-order valence-electron chi connectivity index (χ2n) is 4.82. The molecule has 0 aliphatic rings. The van der Waals surface area contributed by atoms with Crippen LogP contribution >= 0.6 is 7.67 Å². The maximum Gasteiger partial charge on any atom is 0.346 e. The number of carbonyl (C=O) groups excluding carboxylic acids is 1. The lowest BCUT2D eigenvalue weighted by atomic mass is 10.2. The van der Waals surface area contributed by atoms with E-state index in [0.29, 0.717) is 0 Å². The van der Waals surface area contributed by atoms with Crippen LogP contribution in [0.2, 0.25) is 0 Å². The van der Waals surface area contributed by atoms with Gasteiger partial charge in [-0.25, -0.2) is 9.34 Å². The molecule has 0 fully saturated rings. The minimum Gasteiger partial charge on any atom is -0.369 e. The van der Waals surface area contributed by atoms with Crippen LogP contribution in [-0.2, 0) is 13.9 Å². The van der Waals surface area contributed by atoms with E-state index < -0.39 is 19.2 Å². The molecule has 0 heterocycles. The molecule has 0 aromatic rings. The average Bonchev–Trinajstić information content (AvgIpc) is 1.98. The first-order valence-corrected chi connectivity index (χ1v) is 6.50. The number of likely N-dealkylation sites (N-methyl/N-ethyl adjacent to an activating group) is 1. The molecule has 0 saturated heterocycles. The Bertz CT molecular complexity index is 299. The van der Waals surface area contributed by atoms with Gasteiger partial charge in [0.25, 0.3) is 0 Å². The number of nitrogens with zero attached hydrogens (tertiary/aromatic N) is 2. The molecule has 1 atom stereocenters. The largest absolute Gasteiger partial charge is 0.369 e. The van der Waals surface area contributed by atoms with Gasteiger partial charge in [0.2, 0.25) is 5.91 Å². The van der Waals surface area contributed by atoms with Crippen LogP contribution in [0.4, 0.5) is 0 Å². The van der Waals surface area contributed by atoms with Gasteiger partial charge in [-0.15, -0.1) is 0 Å². The van der Waals surface area contributed by atoms with Crippen LogP contribution in [0, 0.1) is 0 Å². The summed E-state index contributed by atoms with van der Waals surface area (Å²) in [6.45, 7) is 5.31. The van der Waals surface area contributed by atoms with Crippen molar-refractivity contribution in [3.8, 4) is 0 Å². The standard InChI is InChI=1S/C9H22N3O3P/c1-9(2,3)15-16(14,11(4)5)12(6)7-8(10)13/h7H2,1-6H3,(H2,10,13). The molecule has 0 aromatic heterocycles. The summed E-state index contributed by atoms with van der Waals surface area (Å²) in [5.74, 6) is -0.540. The highest BCUT2D eigenvalue weighted by Crippen LogP contribution is 2.54. The first-order chi connectivity index (χ1) is 6.99. The SMILES string of the molecule is CN(C)P(=O)(OC(C)(C)C)N(C)CC(N)=O. The smallest absolute Gasteiger partial charge is 0.346 e. The molecule has 7 heteroatoms. The van der Waals surface area contributed by atoms with Crippen molar-refractivity contribution < 1.29 is 13.9 Å². The van der Waals surface area contributed by atoms with Gasteiger partial charge in [-0.2, -0.15) is 0 Å². The zero-order valence-corrected chi connectivity index (χ0v) is 11.7. The fourth-order valence-corrected chi connectivity index (χ4v) is 3.07. The van der Waals surface area contributed by atoms with E-state index in [1.807, 2.05) is 0 Å². The van der Waals surface area contributed by atoms with Crippen molar-refractivity contribution >= 4 is 13.6 Å². The molecular weight excluding hydrogens is 229 g/mol. The third kappa shape index (κ3) is 4.61. The zero-order valence-electron chi connectivity index (χ0n) is 10.9. The van der Waals surface area contributed by atoms with Gasteiger partial charge >= 0.3 is 7.67 Å². The average molecular weight is 251 g/mol. The molecule has 0 saturated carbocycles. The van der Waals surface area contributed by atoms with E-state index in [2.05, 4.69) is 0 Å². The summed E-state index contributed by atoms with van der Waals surface area (Å²) in [5.41, 5.74) is 4.51. The number of carbonyl (C=O) groups is 1. The third-order valence-electron chi connectivity index (χ3n) is 1.71. The molecule has 96 valence electrons. The summed E-state index contributed by atoms with van der Waals surface area (Å²) in [6.07, 6.45) is 0. The van der Waals surface area contributed by atoms with Crippen LogP contribution in [0.1, 0.15) is 20.8 Å². The Morgan fingerprint density at radius 2 is 1.75 bits per heavy atom. The highest BCUT2D eigenvalue weighted by atomic mass is 31.2. The van der Waals surface area contributed by atoms with E-state index in [4.69, 9.17) is 10.3 Å². The molecule has 0 rings (SSSR count). The maximum absolute atomic E-state index is 12.6. The lowest BCUT2D eigenvalue weighted by Crippen LogP contribution is -2.36. The molecular formula is C9H22N3O3P. The highest BCUT2D eigenvalue weighted by Gasteiger charge is 2.37. The van der Waals surface area contributed by atoms with Gasteiger partial charge in [0.15, 0.2) is 0 Å². The van der Waals surface area contributed by atoms with E-state index >= 15 is 0 Å². The second-order valence-corrected chi connectivity index (χ2v) is 7.47. The van der Waals surface area contributed by atoms with E-state index in [0.717, 1.165) is 0 Å². The highest BCUT2D eigenvalue weighted by molar-refractivity contribution is 7.53. The van der Waals surface area contributed by atoms with Crippen LogP contribution in [0.15, 0.2) is 0 Å². The van der Waals surface area contributed by atoms with Crippen molar-refractivity contribution in [1.29, 1.82) is 0 Å². The Hall–Kier alpha value is -0.420. The first kappa shape index (κ1) is 15.6. The summed E-state index contributed by atoms with van der Waals surface area (Å²) >= 11 is 0. The summed E-state index contributed by atoms with van der Waals surface area (Å²) in [7, 11) is 1.65. The molecule has 1 unspecified atom stereocenters. The van der Waals surface area contributed by atoms with E-state index in [1.54, 1.807) is 41.9 Å². The van der Waals surface area contributed by atoms with E-state index in [1.165, 1.54) is 9.34 Å². The minimum absolute atomic E-state index is 0.106. The fraction of sp³-hybridized carbons (Fsp3) is 0.889. The van der Waals surface area contributed by atoms with Crippen LogP contribution in [0.5, 0.6) is 0 Å². The number of amides is 1. The predicted molar refractivity (Wildman–Crippen MR) is 64.0 cm³/mol. The summed E-state index contributed by atoms with van der Waals surface area (Å²) in [6, 6.07) is 0. The van der Waals surface area contributed by atoms with Crippen LogP contribution in [-0.4, -0.2) is 48.5 Å². The molecule has 2 N–H and O–H groups in total. The summed E-state index contributed by atoms with van der Waals surface area (Å²) in [4.78, 5) is 10.8. The van der Waals surface area contributed by atoms with Crippen molar-refractivity contribution in [3.63, 3.8) is 0 Å². The molecule has 0 aliphatic carbocycles. The summed E-state index contributed by atoms with van der Waals surface area (Å²) < 4.78 is 21.0. The zero-order chi connectivity index (χ0) is 13.1. The maximum atomic E-state index is 12.6. The Labute approximate surface area is 97.3 Å². The van der Waals surface area contributed by atoms with Crippen molar-refractivity contribution in [2.75, 3.05) is 27.7 Å². The molecule has 0 aromatic carbocycles. The van der Waals surface area contributed by atoms with Crippen molar-refractivity contribution in [3.05, 3.63) is 0 Å². The van der Waals surface area contributed by atoms with Crippen LogP contribution in [0.3, 0.4) is 0 Å². The molecule has 0 spiro atoms. The van der Waals surface area contributed by atoms with E-state index in [-0.39, 0.29) is 6.54 Å². The lowest BCUT2D eigenvalue weighted by Gasteiger charge is -2.36. The van der Waals surface area contributed by atoms with Gasteiger partial charge in [-0.3, -0.25) is 9.36 Å². The lowest BCUT2D eigenvalue weighted by molar-refractivity contribution is -0.118. The topological polar surface area (TPSA) is 75.9 Å². The number of rotatable bonds is 5. The van der Waals surface area contributed by atoms with Gasteiger partial charge in [-0.05, 0) is 41.9 Å². The van der Waals surface area contributed by atoms with Gasteiger partial charge < -0.3 is 10.3 Å². The summed E-state index contributed by atoms with van der Waals surface area (Å²) in [5, 5.41) is 0. The molecule has 16 heavy (non-hydrogen) atoms. The fourth-order valence-electron chi connectivity index (χ4n) is 1.13. The monoisotopic (exact) mass is 251 g/mol. The Morgan fingerprint density at radius 1 is 1.31 bits per heavy atom.